The lowest BCUT2D eigenvalue weighted by Crippen LogP contribution is -2.67. The van der Waals surface area contributed by atoms with E-state index in [0.29, 0.717) is 13.2 Å². The summed E-state index contributed by atoms with van der Waals surface area (Å²) in [6, 6.07) is 21.6. The van der Waals surface area contributed by atoms with Crippen molar-refractivity contribution in [2.75, 3.05) is 13.2 Å². The van der Waals surface area contributed by atoms with Crippen LogP contribution in [0.15, 0.2) is 83.9 Å². The summed E-state index contributed by atoms with van der Waals surface area (Å²) in [5.74, 6) is 1.28. The zero-order valence-corrected chi connectivity index (χ0v) is 23.1. The number of fused-ring (bicyclic) bond motifs is 1. The van der Waals surface area contributed by atoms with Crippen LogP contribution in [0.4, 0.5) is 0 Å². The largest absolute Gasteiger partial charge is 0.405 e. The van der Waals surface area contributed by atoms with Crippen LogP contribution in [0.3, 0.4) is 0 Å². The average molecular weight is 551 g/mol. The van der Waals surface area contributed by atoms with Crippen molar-refractivity contribution in [3.05, 3.63) is 89.7 Å². The van der Waals surface area contributed by atoms with Gasteiger partial charge >= 0.3 is 0 Å². The van der Waals surface area contributed by atoms with E-state index in [1.165, 1.54) is 10.4 Å². The average Bonchev–Trinajstić information content (AvgIpc) is 3.22. The van der Waals surface area contributed by atoms with E-state index in [-0.39, 0.29) is 17.1 Å². The highest BCUT2D eigenvalue weighted by molar-refractivity contribution is 9.10. The van der Waals surface area contributed by atoms with Crippen molar-refractivity contribution >= 4 is 40.1 Å². The molecule has 5 nitrogen and oxygen atoms in total. The number of hydrogen-bond acceptors (Lipinski definition) is 4. The number of nitrogens with zero attached hydrogens (tertiary/aromatic N) is 3. The van der Waals surface area contributed by atoms with Gasteiger partial charge in [0.1, 0.15) is 10.4 Å². The molecule has 5 rings (SSSR count). The van der Waals surface area contributed by atoms with E-state index < -0.39 is 8.32 Å². The van der Waals surface area contributed by atoms with Gasteiger partial charge in [-0.1, -0.05) is 81.4 Å². The molecule has 3 heterocycles. The lowest BCUT2D eigenvalue weighted by molar-refractivity contribution is -0.0245. The molecule has 0 amide bonds. The fourth-order valence-corrected chi connectivity index (χ4v) is 10.4. The molecule has 7 heteroatoms. The Hall–Kier alpha value is -2.32. The summed E-state index contributed by atoms with van der Waals surface area (Å²) in [6.45, 7) is 8.17. The first-order valence-electron chi connectivity index (χ1n) is 12.2. The number of aromatic nitrogens is 3. The summed E-state index contributed by atoms with van der Waals surface area (Å²) in [5.41, 5.74) is 0.986. The number of ether oxygens (including phenoxy) is 1. The van der Waals surface area contributed by atoms with Gasteiger partial charge in [-0.05, 0) is 44.2 Å². The molecule has 0 saturated carbocycles. The molecule has 2 unspecified atom stereocenters. The Labute approximate surface area is 216 Å². The second-order valence-electron chi connectivity index (χ2n) is 10.3. The summed E-state index contributed by atoms with van der Waals surface area (Å²) in [4.78, 5) is 9.00. The second-order valence-corrected chi connectivity index (χ2v) is 15.4. The van der Waals surface area contributed by atoms with Crippen LogP contribution in [0, 0.1) is 0 Å². The van der Waals surface area contributed by atoms with E-state index in [1.54, 1.807) is 6.20 Å². The minimum Gasteiger partial charge on any atom is -0.405 e. The first kappa shape index (κ1) is 24.4. The van der Waals surface area contributed by atoms with E-state index >= 15 is 0 Å². The van der Waals surface area contributed by atoms with Gasteiger partial charge in [0.2, 0.25) is 0 Å². The van der Waals surface area contributed by atoms with Crippen molar-refractivity contribution in [2.24, 2.45) is 0 Å². The fraction of sp³-hybridized carbons (Fsp3) is 0.357. The maximum Gasteiger partial charge on any atom is 0.261 e. The molecule has 0 aliphatic carbocycles. The topological polar surface area (TPSA) is 48.7 Å². The van der Waals surface area contributed by atoms with Crippen molar-refractivity contribution < 1.29 is 9.16 Å². The van der Waals surface area contributed by atoms with Crippen LogP contribution in [0.25, 0.3) is 5.52 Å². The quantitative estimate of drug-likeness (QED) is 0.305. The number of benzene rings is 2. The summed E-state index contributed by atoms with van der Waals surface area (Å²) in [5, 5.41) is 2.56. The highest BCUT2D eigenvalue weighted by atomic mass is 79.9. The predicted octanol–water partition coefficient (Wildman–Crippen LogP) is 5.33. The lowest BCUT2D eigenvalue weighted by Gasteiger charge is -2.44. The smallest absolute Gasteiger partial charge is 0.261 e. The monoisotopic (exact) mass is 549 g/mol. The molecule has 182 valence electrons. The van der Waals surface area contributed by atoms with Crippen molar-refractivity contribution in [1.82, 2.24) is 14.4 Å². The Bertz CT molecular complexity index is 1230. The van der Waals surface area contributed by atoms with E-state index in [4.69, 9.17) is 14.1 Å². The standard InChI is InChI=1S/C28H32BrN3O2Si/c1-28(2,3)35(23-10-6-4-7-11-23,24-12-8-5-9-13-24)34-20-22-15-14-21(19-33-22)27-31-26(29)25-18-30-16-17-32(25)27/h4-13,16-18,21-22H,14-15,19-20H2,1-3H3. The Kier molecular flexibility index (Phi) is 6.94. The molecule has 2 atom stereocenters. The van der Waals surface area contributed by atoms with Crippen LogP contribution in [-0.2, 0) is 9.16 Å². The Morgan fingerprint density at radius 3 is 2.26 bits per heavy atom. The van der Waals surface area contributed by atoms with Gasteiger partial charge in [0.15, 0.2) is 0 Å². The number of imidazole rings is 1. The summed E-state index contributed by atoms with van der Waals surface area (Å²) in [7, 11) is -2.56. The van der Waals surface area contributed by atoms with Crippen LogP contribution in [-0.4, -0.2) is 42.0 Å². The predicted molar refractivity (Wildman–Crippen MR) is 146 cm³/mol. The Morgan fingerprint density at radius 2 is 1.69 bits per heavy atom. The molecule has 1 saturated heterocycles. The van der Waals surface area contributed by atoms with Gasteiger partial charge in [-0.2, -0.15) is 0 Å². The van der Waals surface area contributed by atoms with Gasteiger partial charge in [0.05, 0.1) is 31.0 Å². The highest BCUT2D eigenvalue weighted by Gasteiger charge is 2.50. The van der Waals surface area contributed by atoms with Crippen molar-refractivity contribution in [1.29, 1.82) is 0 Å². The first-order valence-corrected chi connectivity index (χ1v) is 14.9. The maximum absolute atomic E-state index is 7.10. The van der Waals surface area contributed by atoms with Gasteiger partial charge in [0.25, 0.3) is 8.32 Å². The van der Waals surface area contributed by atoms with Crippen LogP contribution in [0.5, 0.6) is 0 Å². The summed E-state index contributed by atoms with van der Waals surface area (Å²) >= 11 is 3.58. The SMILES string of the molecule is CC(C)(C)[Si](OCC1CCC(c2nc(Br)c3cnccn23)CO1)(c1ccccc1)c1ccccc1. The minimum absolute atomic E-state index is 0.0397. The van der Waals surface area contributed by atoms with Crippen LogP contribution in [0.1, 0.15) is 45.4 Å². The van der Waals surface area contributed by atoms with Gasteiger partial charge in [-0.3, -0.25) is 9.38 Å². The molecule has 2 aromatic carbocycles. The zero-order valence-electron chi connectivity index (χ0n) is 20.5. The highest BCUT2D eigenvalue weighted by Crippen LogP contribution is 2.38. The molecule has 0 radical (unpaired) electrons. The number of halogens is 1. The van der Waals surface area contributed by atoms with Crippen molar-refractivity contribution in [3.63, 3.8) is 0 Å². The van der Waals surface area contributed by atoms with E-state index in [2.05, 4.69) is 107 Å². The third kappa shape index (κ3) is 4.62. The molecule has 4 aromatic rings. The Balaban J connectivity index is 1.36. The van der Waals surface area contributed by atoms with Crippen LogP contribution in [0.2, 0.25) is 5.04 Å². The Morgan fingerprint density at radius 1 is 1.03 bits per heavy atom. The normalized spacial score (nSPS) is 19.2. The first-order chi connectivity index (χ1) is 16.9. The molecular formula is C28H32BrN3O2Si. The van der Waals surface area contributed by atoms with Crippen molar-refractivity contribution in [3.8, 4) is 0 Å². The minimum atomic E-state index is -2.56. The van der Waals surface area contributed by atoms with Crippen LogP contribution < -0.4 is 10.4 Å². The molecule has 0 N–H and O–H groups in total. The molecule has 1 aliphatic heterocycles. The van der Waals surface area contributed by atoms with E-state index in [0.717, 1.165) is 28.8 Å². The third-order valence-electron chi connectivity index (χ3n) is 7.07. The van der Waals surface area contributed by atoms with Crippen molar-refractivity contribution in [2.45, 2.75) is 50.7 Å². The number of hydrogen-bond donors (Lipinski definition) is 0. The lowest BCUT2D eigenvalue weighted by atomic mass is 9.98. The molecular weight excluding hydrogens is 518 g/mol. The molecule has 1 aliphatic rings. The summed E-state index contributed by atoms with van der Waals surface area (Å²) in [6.07, 6.45) is 7.65. The number of rotatable bonds is 6. The molecule has 35 heavy (non-hydrogen) atoms. The summed E-state index contributed by atoms with van der Waals surface area (Å²) < 4.78 is 16.4. The van der Waals surface area contributed by atoms with Gasteiger partial charge in [0, 0.05) is 18.3 Å². The molecule has 2 aromatic heterocycles. The third-order valence-corrected chi connectivity index (χ3v) is 12.7. The van der Waals surface area contributed by atoms with Gasteiger partial charge in [-0.25, -0.2) is 4.98 Å². The van der Waals surface area contributed by atoms with Gasteiger partial charge < -0.3 is 9.16 Å². The second kappa shape index (κ2) is 9.97. The zero-order chi connectivity index (χ0) is 24.5. The van der Waals surface area contributed by atoms with E-state index in [1.807, 2.05) is 12.4 Å². The molecule has 0 bridgehead atoms. The fourth-order valence-electron chi connectivity index (χ4n) is 5.33. The molecule has 1 fully saturated rings. The molecule has 0 spiro atoms. The van der Waals surface area contributed by atoms with Gasteiger partial charge in [-0.15, -0.1) is 0 Å². The maximum atomic E-state index is 7.10. The van der Waals surface area contributed by atoms with E-state index in [9.17, 15) is 0 Å². The van der Waals surface area contributed by atoms with Crippen LogP contribution >= 0.6 is 15.9 Å².